The fraction of sp³-hybridized carbons (Fsp3) is 0.250. The molecule has 0 saturated carbocycles. The fourth-order valence-electron chi connectivity index (χ4n) is 2.34. The van der Waals surface area contributed by atoms with Gasteiger partial charge in [0.2, 0.25) is 0 Å². The Morgan fingerprint density at radius 2 is 1.79 bits per heavy atom. The minimum Gasteiger partial charge on any atom is -0.493 e. The monoisotopic (exact) mass is 326 g/mol. The van der Waals surface area contributed by atoms with Crippen LogP contribution in [0.5, 0.6) is 17.2 Å². The van der Waals surface area contributed by atoms with E-state index in [4.69, 9.17) is 14.2 Å². The smallest absolute Gasteiger partial charge is 0.349 e. The van der Waals surface area contributed by atoms with E-state index in [1.807, 2.05) is 63.3 Å². The number of allylic oxidation sites excluding steroid dienone is 1. The highest BCUT2D eigenvalue weighted by molar-refractivity contribution is 5.75. The number of benzene rings is 2. The molecule has 0 aromatic heterocycles. The highest BCUT2D eigenvalue weighted by Crippen LogP contribution is 2.29. The first-order valence-electron chi connectivity index (χ1n) is 7.75. The third-order valence-electron chi connectivity index (χ3n) is 3.52. The summed E-state index contributed by atoms with van der Waals surface area (Å²) in [5.74, 6) is 1.21. The van der Waals surface area contributed by atoms with Gasteiger partial charge in [-0.2, -0.15) is 0 Å². The molecule has 4 heteroatoms. The number of rotatable bonds is 6. The summed E-state index contributed by atoms with van der Waals surface area (Å²) in [5, 5.41) is 0. The lowest BCUT2D eigenvalue weighted by Gasteiger charge is -2.13. The maximum Gasteiger partial charge on any atom is 0.349 e. The van der Waals surface area contributed by atoms with Crippen molar-refractivity contribution in [1.82, 2.24) is 0 Å². The predicted molar refractivity (Wildman–Crippen MR) is 94.7 cm³/mol. The number of carbonyl (C=O) groups is 1. The van der Waals surface area contributed by atoms with E-state index in [1.165, 1.54) is 0 Å². The second-order valence-corrected chi connectivity index (χ2v) is 5.39. The van der Waals surface area contributed by atoms with Crippen LogP contribution >= 0.6 is 0 Å². The molecular formula is C20H22O4. The van der Waals surface area contributed by atoms with Crippen LogP contribution in [0.25, 0.3) is 6.08 Å². The average Bonchev–Trinajstić information content (AvgIpc) is 2.57. The molecule has 0 radical (unpaired) electrons. The van der Waals surface area contributed by atoms with Crippen LogP contribution in [0.3, 0.4) is 0 Å². The Labute approximate surface area is 142 Å². The van der Waals surface area contributed by atoms with Gasteiger partial charge in [-0.05, 0) is 49.6 Å². The lowest BCUT2D eigenvalue weighted by atomic mass is 10.1. The zero-order valence-corrected chi connectivity index (χ0v) is 14.5. The first-order chi connectivity index (χ1) is 11.5. The van der Waals surface area contributed by atoms with Crippen molar-refractivity contribution in [3.8, 4) is 17.2 Å². The highest BCUT2D eigenvalue weighted by Gasteiger charge is 2.12. The fourth-order valence-corrected chi connectivity index (χ4v) is 2.34. The maximum atomic E-state index is 12.1. The van der Waals surface area contributed by atoms with Crippen molar-refractivity contribution in [2.75, 3.05) is 13.7 Å². The molecule has 0 aliphatic heterocycles. The van der Waals surface area contributed by atoms with Crippen LogP contribution in [0, 0.1) is 13.8 Å². The molecule has 2 rings (SSSR count). The molecule has 0 bridgehead atoms. The summed E-state index contributed by atoms with van der Waals surface area (Å²) in [7, 11) is 1.57. The molecule has 0 saturated heterocycles. The van der Waals surface area contributed by atoms with Crippen molar-refractivity contribution in [3.05, 3.63) is 59.2 Å². The number of hydrogen-bond donors (Lipinski definition) is 0. The number of para-hydroxylation sites is 1. The van der Waals surface area contributed by atoms with Crippen LogP contribution < -0.4 is 14.2 Å². The van der Waals surface area contributed by atoms with Crippen molar-refractivity contribution in [3.63, 3.8) is 0 Å². The molecular weight excluding hydrogens is 304 g/mol. The molecule has 2 aromatic carbocycles. The molecule has 0 spiro atoms. The van der Waals surface area contributed by atoms with Crippen LogP contribution in [0.1, 0.15) is 23.6 Å². The number of hydrogen-bond acceptors (Lipinski definition) is 4. The van der Waals surface area contributed by atoms with Crippen molar-refractivity contribution in [2.24, 2.45) is 0 Å². The van der Waals surface area contributed by atoms with E-state index in [-0.39, 0.29) is 6.61 Å². The Balaban J connectivity index is 2.04. The summed E-state index contributed by atoms with van der Waals surface area (Å²) >= 11 is 0. The SMILES string of the molecule is C/C=C/c1ccc(OCC(=O)Oc2c(C)cccc2C)c(OC)c1. The van der Waals surface area contributed by atoms with Gasteiger partial charge in [-0.25, -0.2) is 4.79 Å². The summed E-state index contributed by atoms with van der Waals surface area (Å²) in [6.07, 6.45) is 3.90. The van der Waals surface area contributed by atoms with Crippen molar-refractivity contribution < 1.29 is 19.0 Å². The largest absolute Gasteiger partial charge is 0.493 e. The van der Waals surface area contributed by atoms with E-state index in [9.17, 15) is 4.79 Å². The third-order valence-corrected chi connectivity index (χ3v) is 3.52. The van der Waals surface area contributed by atoms with Crippen LogP contribution in [0.2, 0.25) is 0 Å². The van der Waals surface area contributed by atoms with E-state index in [2.05, 4.69) is 0 Å². The quantitative estimate of drug-likeness (QED) is 0.585. The molecule has 0 N–H and O–H groups in total. The first kappa shape index (κ1) is 17.6. The van der Waals surface area contributed by atoms with Crippen LogP contribution in [-0.2, 0) is 4.79 Å². The predicted octanol–water partition coefficient (Wildman–Crippen LogP) is 4.33. The van der Waals surface area contributed by atoms with Crippen molar-refractivity contribution in [1.29, 1.82) is 0 Å². The summed E-state index contributed by atoms with van der Waals surface area (Å²) < 4.78 is 16.3. The second-order valence-electron chi connectivity index (χ2n) is 5.39. The lowest BCUT2D eigenvalue weighted by molar-refractivity contribution is -0.136. The van der Waals surface area contributed by atoms with Gasteiger partial charge >= 0.3 is 5.97 Å². The standard InChI is InChI=1S/C20H22O4/c1-5-7-16-10-11-17(18(12-16)22-4)23-13-19(21)24-20-14(2)8-6-9-15(20)3/h5-12H,13H2,1-4H3/b7-5+. The third kappa shape index (κ3) is 4.38. The zero-order valence-electron chi connectivity index (χ0n) is 14.5. The minimum absolute atomic E-state index is 0.187. The molecule has 0 atom stereocenters. The summed E-state index contributed by atoms with van der Waals surface area (Å²) in [6.45, 7) is 5.56. The first-order valence-corrected chi connectivity index (χ1v) is 7.75. The Bertz CT molecular complexity index is 727. The molecule has 126 valence electrons. The van der Waals surface area contributed by atoms with Gasteiger partial charge in [0.25, 0.3) is 0 Å². The second kappa shape index (κ2) is 8.20. The van der Waals surface area contributed by atoms with E-state index in [1.54, 1.807) is 13.2 Å². The number of esters is 1. The number of aryl methyl sites for hydroxylation is 2. The van der Waals surface area contributed by atoms with Crippen molar-refractivity contribution in [2.45, 2.75) is 20.8 Å². The number of carbonyl (C=O) groups excluding carboxylic acids is 1. The molecule has 0 aliphatic carbocycles. The molecule has 0 aliphatic rings. The van der Waals surface area contributed by atoms with Gasteiger partial charge in [0.05, 0.1) is 7.11 Å². The Morgan fingerprint density at radius 1 is 1.08 bits per heavy atom. The van der Waals surface area contributed by atoms with Gasteiger partial charge in [0.1, 0.15) is 5.75 Å². The van der Waals surface area contributed by atoms with Crippen molar-refractivity contribution >= 4 is 12.0 Å². The summed E-state index contributed by atoms with van der Waals surface area (Å²) in [6, 6.07) is 11.3. The van der Waals surface area contributed by atoms with Gasteiger partial charge in [0, 0.05) is 0 Å². The minimum atomic E-state index is -0.452. The number of ether oxygens (including phenoxy) is 3. The van der Waals surface area contributed by atoms with E-state index < -0.39 is 5.97 Å². The molecule has 2 aromatic rings. The molecule has 0 fully saturated rings. The van der Waals surface area contributed by atoms with Gasteiger partial charge in [-0.3, -0.25) is 0 Å². The van der Waals surface area contributed by atoms with Gasteiger partial charge < -0.3 is 14.2 Å². The zero-order chi connectivity index (χ0) is 17.5. The van der Waals surface area contributed by atoms with Crippen LogP contribution in [0.4, 0.5) is 0 Å². The van der Waals surface area contributed by atoms with Crippen LogP contribution in [0.15, 0.2) is 42.5 Å². The van der Waals surface area contributed by atoms with Crippen LogP contribution in [-0.4, -0.2) is 19.7 Å². The molecule has 0 heterocycles. The Hall–Kier alpha value is -2.75. The summed E-state index contributed by atoms with van der Waals surface area (Å²) in [4.78, 5) is 12.1. The Morgan fingerprint density at radius 3 is 2.42 bits per heavy atom. The van der Waals surface area contributed by atoms with Gasteiger partial charge in [-0.15, -0.1) is 0 Å². The lowest BCUT2D eigenvalue weighted by Crippen LogP contribution is -2.18. The molecule has 24 heavy (non-hydrogen) atoms. The Kier molecular flexibility index (Phi) is 6.01. The van der Waals surface area contributed by atoms with E-state index in [0.717, 1.165) is 16.7 Å². The topological polar surface area (TPSA) is 44.8 Å². The van der Waals surface area contributed by atoms with E-state index in [0.29, 0.717) is 17.2 Å². The average molecular weight is 326 g/mol. The normalized spacial score (nSPS) is 10.7. The highest BCUT2D eigenvalue weighted by atomic mass is 16.6. The van der Waals surface area contributed by atoms with Gasteiger partial charge in [0.15, 0.2) is 18.1 Å². The molecule has 0 amide bonds. The maximum absolute atomic E-state index is 12.1. The summed E-state index contributed by atoms with van der Waals surface area (Å²) in [5.41, 5.74) is 2.83. The molecule has 4 nitrogen and oxygen atoms in total. The molecule has 0 unspecified atom stereocenters. The van der Waals surface area contributed by atoms with E-state index >= 15 is 0 Å². The number of methoxy groups -OCH3 is 1. The van der Waals surface area contributed by atoms with Gasteiger partial charge in [-0.1, -0.05) is 36.4 Å².